The summed E-state index contributed by atoms with van der Waals surface area (Å²) < 4.78 is 1.77. The molecule has 90 valence electrons. The lowest BCUT2D eigenvalue weighted by atomic mass is 10.3. The Kier molecular flexibility index (Phi) is 3.77. The van der Waals surface area contributed by atoms with E-state index in [1.807, 2.05) is 36.5 Å². The number of amides is 1. The molecule has 0 fully saturated rings. The second-order valence-corrected chi connectivity index (χ2v) is 3.72. The largest absolute Gasteiger partial charge is 0.345 e. The SMILES string of the molecule is CC(=O)NCC#Cc1cnn(-c2ccccc2)c1. The molecule has 0 aliphatic carbocycles. The van der Waals surface area contributed by atoms with Crippen molar-refractivity contribution in [3.05, 3.63) is 48.3 Å². The number of para-hydroxylation sites is 1. The maximum absolute atomic E-state index is 10.6. The van der Waals surface area contributed by atoms with E-state index in [1.165, 1.54) is 6.92 Å². The first-order valence-electron chi connectivity index (χ1n) is 5.59. The van der Waals surface area contributed by atoms with Crippen molar-refractivity contribution in [1.29, 1.82) is 0 Å². The first-order valence-corrected chi connectivity index (χ1v) is 5.59. The summed E-state index contributed by atoms with van der Waals surface area (Å²) >= 11 is 0. The van der Waals surface area contributed by atoms with E-state index in [0.717, 1.165) is 11.3 Å². The standard InChI is InChI=1S/C14H13N3O/c1-12(18)15-9-5-6-13-10-16-17(11-13)14-7-3-2-4-8-14/h2-4,7-8,10-11H,9H2,1H3,(H,15,18). The van der Waals surface area contributed by atoms with Gasteiger partial charge in [-0.2, -0.15) is 5.10 Å². The number of rotatable bonds is 2. The normalized spacial score (nSPS) is 9.39. The van der Waals surface area contributed by atoms with Gasteiger partial charge in [0.05, 0.1) is 24.0 Å². The summed E-state index contributed by atoms with van der Waals surface area (Å²) in [5.74, 6) is 5.73. The number of carbonyl (C=O) groups is 1. The van der Waals surface area contributed by atoms with Crippen molar-refractivity contribution in [2.75, 3.05) is 6.54 Å². The van der Waals surface area contributed by atoms with E-state index in [2.05, 4.69) is 22.3 Å². The number of carbonyl (C=O) groups excluding carboxylic acids is 1. The number of benzene rings is 1. The highest BCUT2D eigenvalue weighted by atomic mass is 16.1. The summed E-state index contributed by atoms with van der Waals surface area (Å²) in [6.45, 7) is 1.82. The summed E-state index contributed by atoms with van der Waals surface area (Å²) in [6.07, 6.45) is 3.56. The van der Waals surface area contributed by atoms with Gasteiger partial charge in [0.15, 0.2) is 0 Å². The summed E-state index contributed by atoms with van der Waals surface area (Å²) in [5, 5.41) is 6.84. The Morgan fingerprint density at radius 1 is 1.39 bits per heavy atom. The van der Waals surface area contributed by atoms with Crippen LogP contribution >= 0.6 is 0 Å². The van der Waals surface area contributed by atoms with Crippen LogP contribution in [0.15, 0.2) is 42.7 Å². The van der Waals surface area contributed by atoms with Crippen molar-refractivity contribution in [3.63, 3.8) is 0 Å². The van der Waals surface area contributed by atoms with Gasteiger partial charge in [0.2, 0.25) is 5.91 Å². The molecule has 1 aromatic carbocycles. The molecule has 0 unspecified atom stereocenters. The minimum absolute atomic E-state index is 0.0794. The molecular weight excluding hydrogens is 226 g/mol. The van der Waals surface area contributed by atoms with Crippen molar-refractivity contribution in [2.45, 2.75) is 6.92 Å². The van der Waals surface area contributed by atoms with E-state index >= 15 is 0 Å². The average Bonchev–Trinajstić information content (AvgIpc) is 2.84. The Hall–Kier alpha value is -2.54. The van der Waals surface area contributed by atoms with Crippen LogP contribution < -0.4 is 5.32 Å². The molecule has 18 heavy (non-hydrogen) atoms. The lowest BCUT2D eigenvalue weighted by Crippen LogP contribution is -2.19. The molecule has 0 saturated heterocycles. The molecule has 4 nitrogen and oxygen atoms in total. The van der Waals surface area contributed by atoms with Crippen molar-refractivity contribution >= 4 is 5.91 Å². The molecule has 0 bridgehead atoms. The van der Waals surface area contributed by atoms with Gasteiger partial charge >= 0.3 is 0 Å². The van der Waals surface area contributed by atoms with E-state index in [0.29, 0.717) is 6.54 Å². The zero-order valence-electron chi connectivity index (χ0n) is 10.1. The van der Waals surface area contributed by atoms with Crippen LogP contribution in [0, 0.1) is 11.8 Å². The van der Waals surface area contributed by atoms with Gasteiger partial charge in [-0.1, -0.05) is 30.0 Å². The molecule has 0 spiro atoms. The minimum atomic E-state index is -0.0794. The molecule has 0 saturated carbocycles. The average molecular weight is 239 g/mol. The predicted octanol–water partition coefficient (Wildman–Crippen LogP) is 1.36. The number of hydrogen-bond donors (Lipinski definition) is 1. The molecule has 1 N–H and O–H groups in total. The zero-order chi connectivity index (χ0) is 12.8. The van der Waals surface area contributed by atoms with Crippen LogP contribution in [0.25, 0.3) is 5.69 Å². The number of nitrogens with one attached hydrogen (secondary N) is 1. The molecule has 1 aromatic heterocycles. The smallest absolute Gasteiger partial charge is 0.217 e. The van der Waals surface area contributed by atoms with E-state index in [1.54, 1.807) is 10.9 Å². The monoisotopic (exact) mass is 239 g/mol. The summed E-state index contributed by atoms with van der Waals surface area (Å²) in [7, 11) is 0. The van der Waals surface area contributed by atoms with Crippen LogP contribution in [0.5, 0.6) is 0 Å². The number of nitrogens with zero attached hydrogens (tertiary/aromatic N) is 2. The molecule has 0 atom stereocenters. The van der Waals surface area contributed by atoms with Gasteiger partial charge in [0.1, 0.15) is 0 Å². The van der Waals surface area contributed by atoms with Gasteiger partial charge in [-0.25, -0.2) is 4.68 Å². The second-order valence-electron chi connectivity index (χ2n) is 3.72. The van der Waals surface area contributed by atoms with E-state index in [4.69, 9.17) is 0 Å². The van der Waals surface area contributed by atoms with Crippen LogP contribution in [-0.4, -0.2) is 22.2 Å². The Morgan fingerprint density at radius 2 is 2.17 bits per heavy atom. The topological polar surface area (TPSA) is 46.9 Å². The van der Waals surface area contributed by atoms with Gasteiger partial charge < -0.3 is 5.32 Å². The highest BCUT2D eigenvalue weighted by Gasteiger charge is 1.97. The first-order chi connectivity index (χ1) is 8.75. The zero-order valence-corrected chi connectivity index (χ0v) is 10.1. The molecule has 1 heterocycles. The molecule has 4 heteroatoms. The maximum Gasteiger partial charge on any atom is 0.217 e. The van der Waals surface area contributed by atoms with Gasteiger partial charge in [0, 0.05) is 13.1 Å². The van der Waals surface area contributed by atoms with Gasteiger partial charge in [-0.3, -0.25) is 4.79 Å². The lowest BCUT2D eigenvalue weighted by molar-refractivity contribution is -0.118. The van der Waals surface area contributed by atoms with E-state index < -0.39 is 0 Å². The van der Waals surface area contributed by atoms with E-state index in [9.17, 15) is 4.79 Å². The van der Waals surface area contributed by atoms with E-state index in [-0.39, 0.29) is 5.91 Å². The maximum atomic E-state index is 10.6. The fraction of sp³-hybridized carbons (Fsp3) is 0.143. The highest BCUT2D eigenvalue weighted by molar-refractivity contribution is 5.73. The molecule has 2 rings (SSSR count). The quantitative estimate of drug-likeness (QED) is 0.804. The minimum Gasteiger partial charge on any atom is -0.345 e. The van der Waals surface area contributed by atoms with Crippen LogP contribution in [0.3, 0.4) is 0 Å². The van der Waals surface area contributed by atoms with Gasteiger partial charge in [-0.05, 0) is 12.1 Å². The van der Waals surface area contributed by atoms with Crippen molar-refractivity contribution in [1.82, 2.24) is 15.1 Å². The Bertz CT molecular complexity index is 590. The van der Waals surface area contributed by atoms with Gasteiger partial charge in [0.25, 0.3) is 0 Å². The van der Waals surface area contributed by atoms with Crippen LogP contribution in [-0.2, 0) is 4.79 Å². The Labute approximate surface area is 106 Å². The summed E-state index contributed by atoms with van der Waals surface area (Å²) in [4.78, 5) is 10.6. The Balaban J connectivity index is 2.05. The van der Waals surface area contributed by atoms with Crippen LogP contribution in [0.4, 0.5) is 0 Å². The summed E-state index contributed by atoms with van der Waals surface area (Å²) in [5.41, 5.74) is 1.82. The lowest BCUT2D eigenvalue weighted by Gasteiger charge is -1.98. The first kappa shape index (κ1) is 11.9. The molecule has 1 amide bonds. The third-order valence-electron chi connectivity index (χ3n) is 2.26. The van der Waals surface area contributed by atoms with Crippen molar-refractivity contribution < 1.29 is 4.79 Å². The van der Waals surface area contributed by atoms with Crippen LogP contribution in [0.1, 0.15) is 12.5 Å². The summed E-state index contributed by atoms with van der Waals surface area (Å²) in [6, 6.07) is 9.82. The molecule has 0 aliphatic rings. The molecular formula is C14H13N3O. The number of aromatic nitrogens is 2. The van der Waals surface area contributed by atoms with Crippen molar-refractivity contribution in [3.8, 4) is 17.5 Å². The molecule has 0 radical (unpaired) electrons. The second kappa shape index (κ2) is 5.69. The van der Waals surface area contributed by atoms with Gasteiger partial charge in [-0.15, -0.1) is 0 Å². The third kappa shape index (κ3) is 3.22. The fourth-order valence-electron chi connectivity index (χ4n) is 1.42. The molecule has 2 aromatic rings. The van der Waals surface area contributed by atoms with Crippen molar-refractivity contribution in [2.24, 2.45) is 0 Å². The Morgan fingerprint density at radius 3 is 2.89 bits per heavy atom. The third-order valence-corrected chi connectivity index (χ3v) is 2.26. The molecule has 0 aliphatic heterocycles. The van der Waals surface area contributed by atoms with Crippen LogP contribution in [0.2, 0.25) is 0 Å². The highest BCUT2D eigenvalue weighted by Crippen LogP contribution is 2.06. The fourth-order valence-corrected chi connectivity index (χ4v) is 1.42. The predicted molar refractivity (Wildman–Crippen MR) is 69.1 cm³/mol. The number of hydrogen-bond acceptors (Lipinski definition) is 2.